The first-order chi connectivity index (χ1) is 7.84. The van der Waals surface area contributed by atoms with Gasteiger partial charge in [-0.25, -0.2) is 4.98 Å². The third kappa shape index (κ3) is 3.31. The van der Waals surface area contributed by atoms with Gasteiger partial charge in [0.25, 0.3) is 0 Å². The van der Waals surface area contributed by atoms with Gasteiger partial charge in [0.2, 0.25) is 12.2 Å². The van der Waals surface area contributed by atoms with Crippen LogP contribution >= 0.6 is 15.9 Å². The summed E-state index contributed by atoms with van der Waals surface area (Å²) in [6, 6.07) is 9.88. The van der Waals surface area contributed by atoms with Gasteiger partial charge in [-0.2, -0.15) is 4.98 Å². The van der Waals surface area contributed by atoms with Gasteiger partial charge in [0.1, 0.15) is 0 Å². The van der Waals surface area contributed by atoms with Crippen molar-refractivity contribution in [2.24, 2.45) is 0 Å². The van der Waals surface area contributed by atoms with Crippen molar-refractivity contribution in [1.82, 2.24) is 9.97 Å². The zero-order valence-corrected chi connectivity index (χ0v) is 10.1. The molecule has 2 aromatic rings. The van der Waals surface area contributed by atoms with Crippen molar-refractivity contribution in [2.45, 2.75) is 6.42 Å². The molecule has 0 N–H and O–H groups in total. The first kappa shape index (κ1) is 11.1. The Balaban J connectivity index is 1.85. The van der Waals surface area contributed by atoms with Crippen molar-refractivity contribution in [3.8, 4) is 5.88 Å². The Morgan fingerprint density at radius 3 is 3.00 bits per heavy atom. The fourth-order valence-electron chi connectivity index (χ4n) is 1.30. The van der Waals surface area contributed by atoms with E-state index in [4.69, 9.17) is 4.74 Å². The van der Waals surface area contributed by atoms with Gasteiger partial charge < -0.3 is 4.74 Å². The van der Waals surface area contributed by atoms with E-state index in [1.54, 1.807) is 12.3 Å². The molecule has 0 saturated heterocycles. The highest BCUT2D eigenvalue weighted by Crippen LogP contribution is 2.12. The van der Waals surface area contributed by atoms with Crippen LogP contribution in [0.3, 0.4) is 0 Å². The Kier molecular flexibility index (Phi) is 3.88. The lowest BCUT2D eigenvalue weighted by molar-refractivity contribution is 0.308. The van der Waals surface area contributed by atoms with Gasteiger partial charge in [-0.15, -0.1) is 0 Å². The van der Waals surface area contributed by atoms with Gasteiger partial charge in [-0.3, -0.25) is 0 Å². The topological polar surface area (TPSA) is 35.0 Å². The van der Waals surface area contributed by atoms with Crippen molar-refractivity contribution < 1.29 is 4.74 Å². The van der Waals surface area contributed by atoms with Crippen LogP contribution in [0.5, 0.6) is 5.88 Å². The van der Waals surface area contributed by atoms with E-state index in [0.29, 0.717) is 12.5 Å². The molecule has 1 aromatic carbocycles. The van der Waals surface area contributed by atoms with E-state index in [1.165, 1.54) is 5.56 Å². The van der Waals surface area contributed by atoms with Gasteiger partial charge in [0.05, 0.1) is 6.61 Å². The number of benzene rings is 1. The summed E-state index contributed by atoms with van der Waals surface area (Å²) in [4.78, 5) is 7.56. The molecule has 1 radical (unpaired) electrons. The summed E-state index contributed by atoms with van der Waals surface area (Å²) < 4.78 is 6.54. The zero-order valence-electron chi connectivity index (χ0n) is 8.56. The van der Waals surface area contributed by atoms with E-state index in [9.17, 15) is 0 Å². The summed E-state index contributed by atoms with van der Waals surface area (Å²) in [5.74, 6) is 0.560. The van der Waals surface area contributed by atoms with Crippen LogP contribution in [0.2, 0.25) is 0 Å². The van der Waals surface area contributed by atoms with E-state index in [2.05, 4.69) is 44.4 Å². The smallest absolute Gasteiger partial charge is 0.216 e. The molecule has 0 atom stereocenters. The molecule has 0 saturated carbocycles. The van der Waals surface area contributed by atoms with Gasteiger partial charge in [-0.1, -0.05) is 28.1 Å². The molecule has 0 aliphatic carbocycles. The van der Waals surface area contributed by atoms with Crippen molar-refractivity contribution in [3.05, 3.63) is 52.9 Å². The van der Waals surface area contributed by atoms with Crippen LogP contribution in [0.4, 0.5) is 0 Å². The quantitative estimate of drug-likeness (QED) is 0.862. The standard InChI is InChI=1S/C12H10BrN2O/c13-11-3-1-2-10(8-11)5-7-16-12-4-6-14-9-15-12/h1-4,6,8H,5,7H2. The van der Waals surface area contributed by atoms with Gasteiger partial charge >= 0.3 is 0 Å². The number of hydrogen-bond donors (Lipinski definition) is 0. The Bertz CT molecular complexity index is 448. The first-order valence-corrected chi connectivity index (χ1v) is 5.70. The summed E-state index contributed by atoms with van der Waals surface area (Å²) in [5.41, 5.74) is 1.23. The van der Waals surface area contributed by atoms with Gasteiger partial charge in [-0.05, 0) is 17.7 Å². The molecule has 1 aromatic heterocycles. The fraction of sp³-hybridized carbons (Fsp3) is 0.167. The van der Waals surface area contributed by atoms with Gasteiger partial charge in [0, 0.05) is 23.2 Å². The molecular weight excluding hydrogens is 268 g/mol. The number of ether oxygens (including phenoxy) is 1. The predicted octanol–water partition coefficient (Wildman–Crippen LogP) is 2.66. The average molecular weight is 278 g/mol. The summed E-state index contributed by atoms with van der Waals surface area (Å²) in [6.07, 6.45) is 4.95. The Hall–Kier alpha value is -1.42. The molecule has 0 aliphatic rings. The third-order valence-electron chi connectivity index (χ3n) is 2.04. The molecule has 1 heterocycles. The number of halogens is 1. The first-order valence-electron chi connectivity index (χ1n) is 4.91. The zero-order chi connectivity index (χ0) is 11.2. The average Bonchev–Trinajstić information content (AvgIpc) is 2.30. The monoisotopic (exact) mass is 277 g/mol. The second-order valence-corrected chi connectivity index (χ2v) is 4.14. The molecule has 0 fully saturated rings. The summed E-state index contributed by atoms with van der Waals surface area (Å²) >= 11 is 3.43. The highest BCUT2D eigenvalue weighted by atomic mass is 79.9. The molecule has 4 heteroatoms. The second kappa shape index (κ2) is 5.61. The van der Waals surface area contributed by atoms with Crippen LogP contribution in [0.1, 0.15) is 5.56 Å². The highest BCUT2D eigenvalue weighted by Gasteiger charge is 1.96. The van der Waals surface area contributed by atoms with E-state index < -0.39 is 0 Å². The lowest BCUT2D eigenvalue weighted by Crippen LogP contribution is -2.02. The maximum Gasteiger partial charge on any atom is 0.216 e. The van der Waals surface area contributed by atoms with E-state index >= 15 is 0 Å². The molecule has 3 nitrogen and oxygen atoms in total. The lowest BCUT2D eigenvalue weighted by Gasteiger charge is -2.04. The van der Waals surface area contributed by atoms with Crippen molar-refractivity contribution in [1.29, 1.82) is 0 Å². The largest absolute Gasteiger partial charge is 0.477 e. The fourth-order valence-corrected chi connectivity index (χ4v) is 1.74. The maximum absolute atomic E-state index is 5.45. The Morgan fingerprint density at radius 1 is 1.31 bits per heavy atom. The Morgan fingerprint density at radius 2 is 2.25 bits per heavy atom. The highest BCUT2D eigenvalue weighted by molar-refractivity contribution is 9.10. The number of aromatic nitrogens is 2. The van der Waals surface area contributed by atoms with Crippen LogP contribution in [0.15, 0.2) is 41.0 Å². The second-order valence-electron chi connectivity index (χ2n) is 3.22. The SMILES string of the molecule is Brc1cccc(CCOc2ccn[c]n2)c1. The molecule has 0 unspecified atom stereocenters. The molecule has 0 amide bonds. The van der Waals surface area contributed by atoms with Crippen LogP contribution in [0, 0.1) is 6.33 Å². The van der Waals surface area contributed by atoms with E-state index in [0.717, 1.165) is 10.9 Å². The minimum atomic E-state index is 0.560. The van der Waals surface area contributed by atoms with Crippen LogP contribution in [0.25, 0.3) is 0 Å². The van der Waals surface area contributed by atoms with Crippen molar-refractivity contribution in [2.75, 3.05) is 6.61 Å². The molecule has 16 heavy (non-hydrogen) atoms. The summed E-state index contributed by atoms with van der Waals surface area (Å²) in [6.45, 7) is 0.599. The normalized spacial score (nSPS) is 10.1. The summed E-state index contributed by atoms with van der Waals surface area (Å²) in [5, 5.41) is 0. The number of hydrogen-bond acceptors (Lipinski definition) is 3. The van der Waals surface area contributed by atoms with E-state index in [-0.39, 0.29) is 0 Å². The molecule has 0 bridgehead atoms. The third-order valence-corrected chi connectivity index (χ3v) is 2.53. The van der Waals surface area contributed by atoms with Gasteiger partial charge in [0.15, 0.2) is 0 Å². The minimum absolute atomic E-state index is 0.560. The van der Waals surface area contributed by atoms with Crippen LogP contribution in [-0.4, -0.2) is 16.6 Å². The lowest BCUT2D eigenvalue weighted by atomic mass is 10.2. The molecule has 2 rings (SSSR count). The number of rotatable bonds is 4. The molecule has 81 valence electrons. The Labute approximate surface area is 103 Å². The molecular formula is C12H10BrN2O. The van der Waals surface area contributed by atoms with E-state index in [1.807, 2.05) is 12.1 Å². The number of nitrogens with zero attached hydrogens (tertiary/aromatic N) is 2. The van der Waals surface area contributed by atoms with Crippen molar-refractivity contribution in [3.63, 3.8) is 0 Å². The predicted molar refractivity (Wildman–Crippen MR) is 64.2 cm³/mol. The molecule has 0 aliphatic heterocycles. The van der Waals surface area contributed by atoms with Crippen molar-refractivity contribution >= 4 is 15.9 Å². The summed E-state index contributed by atoms with van der Waals surface area (Å²) in [7, 11) is 0. The van der Waals surface area contributed by atoms with Crippen LogP contribution < -0.4 is 4.74 Å². The van der Waals surface area contributed by atoms with Crippen LogP contribution in [-0.2, 0) is 6.42 Å². The maximum atomic E-state index is 5.45. The minimum Gasteiger partial charge on any atom is -0.477 e. The molecule has 0 spiro atoms.